The molecule has 8 heteroatoms. The van der Waals surface area contributed by atoms with Gasteiger partial charge < -0.3 is 25.2 Å². The highest BCUT2D eigenvalue weighted by molar-refractivity contribution is 5.95. The number of esters is 1. The molecule has 0 aromatic rings. The molecule has 4 atom stereocenters. The predicted octanol–water partition coefficient (Wildman–Crippen LogP) is -0.0175. The van der Waals surface area contributed by atoms with Crippen LogP contribution in [-0.2, 0) is 23.9 Å². The first-order valence-electron chi connectivity index (χ1n) is 8.81. The van der Waals surface area contributed by atoms with Gasteiger partial charge in [0.1, 0.15) is 6.04 Å². The summed E-state index contributed by atoms with van der Waals surface area (Å²) in [5.41, 5.74) is 0. The zero-order chi connectivity index (χ0) is 19.0. The van der Waals surface area contributed by atoms with Gasteiger partial charge in [-0.2, -0.15) is 0 Å². The minimum atomic E-state index is -0.893. The SMILES string of the molecule is CCOC(=O)[C@H]1O[C@@H]1C(=O)N[C@@H](CC(C)C)C(=O)NCC[C@@H](C)CO. The van der Waals surface area contributed by atoms with Crippen LogP contribution in [0.15, 0.2) is 0 Å². The van der Waals surface area contributed by atoms with Gasteiger partial charge in [-0.1, -0.05) is 20.8 Å². The molecule has 1 fully saturated rings. The molecule has 1 aliphatic heterocycles. The van der Waals surface area contributed by atoms with Crippen LogP contribution in [0.5, 0.6) is 0 Å². The van der Waals surface area contributed by atoms with Crippen LogP contribution in [0.25, 0.3) is 0 Å². The maximum absolute atomic E-state index is 12.3. The second kappa shape index (κ2) is 10.4. The summed E-state index contributed by atoms with van der Waals surface area (Å²) in [4.78, 5) is 36.0. The molecule has 2 amide bonds. The Morgan fingerprint density at radius 3 is 2.44 bits per heavy atom. The van der Waals surface area contributed by atoms with Crippen molar-refractivity contribution >= 4 is 17.8 Å². The number of carbonyl (C=O) groups is 3. The number of ether oxygens (including phenoxy) is 2. The molecule has 1 aliphatic rings. The lowest BCUT2D eigenvalue weighted by Gasteiger charge is -2.20. The Labute approximate surface area is 148 Å². The zero-order valence-electron chi connectivity index (χ0n) is 15.4. The average Bonchev–Trinajstić information content (AvgIpc) is 3.34. The van der Waals surface area contributed by atoms with Crippen LogP contribution in [-0.4, -0.2) is 60.9 Å². The molecule has 144 valence electrons. The summed E-state index contributed by atoms with van der Waals surface area (Å²) in [6.07, 6.45) is -0.644. The van der Waals surface area contributed by atoms with Crippen molar-refractivity contribution in [2.45, 2.75) is 58.8 Å². The molecule has 0 unspecified atom stereocenters. The molecule has 0 aromatic carbocycles. The van der Waals surface area contributed by atoms with E-state index in [9.17, 15) is 14.4 Å². The summed E-state index contributed by atoms with van der Waals surface area (Å²) in [5, 5.41) is 14.4. The number of epoxide rings is 1. The lowest BCUT2D eigenvalue weighted by atomic mass is 10.0. The fourth-order valence-electron chi connectivity index (χ4n) is 2.33. The Morgan fingerprint density at radius 1 is 1.20 bits per heavy atom. The molecule has 0 spiro atoms. The highest BCUT2D eigenvalue weighted by Crippen LogP contribution is 2.24. The van der Waals surface area contributed by atoms with Gasteiger partial charge in [-0.3, -0.25) is 9.59 Å². The number of nitrogens with one attached hydrogen (secondary N) is 2. The van der Waals surface area contributed by atoms with Crippen molar-refractivity contribution in [2.24, 2.45) is 11.8 Å². The average molecular weight is 358 g/mol. The summed E-state index contributed by atoms with van der Waals surface area (Å²) >= 11 is 0. The minimum Gasteiger partial charge on any atom is -0.464 e. The summed E-state index contributed by atoms with van der Waals surface area (Å²) < 4.78 is 9.87. The van der Waals surface area contributed by atoms with Crippen LogP contribution in [0.3, 0.4) is 0 Å². The van der Waals surface area contributed by atoms with Gasteiger partial charge in [-0.15, -0.1) is 0 Å². The van der Waals surface area contributed by atoms with Gasteiger partial charge in [0.15, 0.2) is 12.2 Å². The minimum absolute atomic E-state index is 0.0658. The first kappa shape index (κ1) is 21.4. The Hall–Kier alpha value is -1.67. The number of carbonyl (C=O) groups excluding carboxylic acids is 3. The largest absolute Gasteiger partial charge is 0.464 e. The van der Waals surface area contributed by atoms with Gasteiger partial charge in [0, 0.05) is 13.2 Å². The van der Waals surface area contributed by atoms with Crippen LogP contribution >= 0.6 is 0 Å². The van der Waals surface area contributed by atoms with E-state index in [4.69, 9.17) is 14.6 Å². The molecule has 0 bridgehead atoms. The number of hydrogen-bond donors (Lipinski definition) is 3. The van der Waals surface area contributed by atoms with Gasteiger partial charge in [0.25, 0.3) is 5.91 Å². The maximum atomic E-state index is 12.3. The van der Waals surface area contributed by atoms with Crippen LogP contribution in [0, 0.1) is 11.8 Å². The van der Waals surface area contributed by atoms with Crippen molar-refractivity contribution < 1.29 is 29.0 Å². The van der Waals surface area contributed by atoms with E-state index in [1.54, 1.807) is 6.92 Å². The Bertz CT molecular complexity index is 468. The van der Waals surface area contributed by atoms with E-state index in [2.05, 4.69) is 10.6 Å². The van der Waals surface area contributed by atoms with Crippen molar-refractivity contribution in [2.75, 3.05) is 19.8 Å². The van der Waals surface area contributed by atoms with Crippen molar-refractivity contribution in [3.05, 3.63) is 0 Å². The Kier molecular flexibility index (Phi) is 8.85. The first-order valence-corrected chi connectivity index (χ1v) is 8.81. The topological polar surface area (TPSA) is 117 Å². The van der Waals surface area contributed by atoms with Gasteiger partial charge in [-0.05, 0) is 31.6 Å². The lowest BCUT2D eigenvalue weighted by Crippen LogP contribution is -2.49. The van der Waals surface area contributed by atoms with Crippen molar-refractivity contribution in [3.8, 4) is 0 Å². The normalized spacial score (nSPS) is 21.4. The van der Waals surface area contributed by atoms with Crippen molar-refractivity contribution in [1.82, 2.24) is 10.6 Å². The molecule has 1 heterocycles. The second-order valence-electron chi connectivity index (χ2n) is 6.79. The molecule has 0 saturated carbocycles. The molecule has 0 radical (unpaired) electrons. The van der Waals surface area contributed by atoms with Crippen molar-refractivity contribution in [1.29, 1.82) is 0 Å². The van der Waals surface area contributed by atoms with Crippen LogP contribution in [0.2, 0.25) is 0 Å². The highest BCUT2D eigenvalue weighted by Gasteiger charge is 2.52. The van der Waals surface area contributed by atoms with Gasteiger partial charge in [0.05, 0.1) is 6.61 Å². The number of amides is 2. The Balaban J connectivity index is 2.51. The summed E-state index contributed by atoms with van der Waals surface area (Å²) in [6.45, 7) is 8.19. The number of rotatable bonds is 11. The summed E-state index contributed by atoms with van der Waals surface area (Å²) in [7, 11) is 0. The van der Waals surface area contributed by atoms with Crippen LogP contribution < -0.4 is 10.6 Å². The van der Waals surface area contributed by atoms with Gasteiger partial charge in [-0.25, -0.2) is 4.79 Å². The smallest absolute Gasteiger partial charge is 0.338 e. The molecular weight excluding hydrogens is 328 g/mol. The summed E-state index contributed by atoms with van der Waals surface area (Å²) in [6, 6.07) is -0.691. The fourth-order valence-corrected chi connectivity index (χ4v) is 2.33. The van der Waals surface area contributed by atoms with E-state index in [1.165, 1.54) is 0 Å². The number of aliphatic hydroxyl groups is 1. The standard InChI is InChI=1S/C17H30N2O6/c1-5-24-17(23)14-13(25-14)16(22)19-12(8-10(2)3)15(21)18-7-6-11(4)9-20/h10-14,20H,5-9H2,1-4H3,(H,18,21)(H,19,22)/t11-,12+,13+,14+/m1/s1. The molecule has 25 heavy (non-hydrogen) atoms. The summed E-state index contributed by atoms with van der Waals surface area (Å²) in [5.74, 6) is -1.02. The van der Waals surface area contributed by atoms with E-state index in [1.807, 2.05) is 20.8 Å². The third-order valence-electron chi connectivity index (χ3n) is 3.86. The number of hydrogen-bond acceptors (Lipinski definition) is 6. The Morgan fingerprint density at radius 2 is 1.88 bits per heavy atom. The fraction of sp³-hybridized carbons (Fsp3) is 0.824. The van der Waals surface area contributed by atoms with Gasteiger partial charge >= 0.3 is 5.97 Å². The lowest BCUT2D eigenvalue weighted by molar-refractivity contribution is -0.144. The van der Waals surface area contributed by atoms with E-state index >= 15 is 0 Å². The molecule has 0 aromatic heterocycles. The molecular formula is C17H30N2O6. The highest BCUT2D eigenvalue weighted by atomic mass is 16.6. The molecule has 3 N–H and O–H groups in total. The van der Waals surface area contributed by atoms with E-state index in [0.717, 1.165) is 0 Å². The third kappa shape index (κ3) is 7.39. The molecule has 0 aliphatic carbocycles. The maximum Gasteiger partial charge on any atom is 0.338 e. The quantitative estimate of drug-likeness (QED) is 0.353. The van der Waals surface area contributed by atoms with Crippen LogP contribution in [0.4, 0.5) is 0 Å². The van der Waals surface area contributed by atoms with E-state index < -0.39 is 30.1 Å². The monoisotopic (exact) mass is 358 g/mol. The van der Waals surface area contributed by atoms with Gasteiger partial charge in [0.2, 0.25) is 5.91 Å². The van der Waals surface area contributed by atoms with Crippen LogP contribution in [0.1, 0.15) is 40.5 Å². The van der Waals surface area contributed by atoms with E-state index in [0.29, 0.717) is 19.4 Å². The zero-order valence-corrected chi connectivity index (χ0v) is 15.4. The molecule has 1 saturated heterocycles. The van der Waals surface area contributed by atoms with Crippen molar-refractivity contribution in [3.63, 3.8) is 0 Å². The molecule has 8 nitrogen and oxygen atoms in total. The molecule has 1 rings (SSSR count). The number of aliphatic hydroxyl groups excluding tert-OH is 1. The third-order valence-corrected chi connectivity index (χ3v) is 3.86. The predicted molar refractivity (Wildman–Crippen MR) is 90.6 cm³/mol. The second-order valence-corrected chi connectivity index (χ2v) is 6.79. The first-order chi connectivity index (χ1) is 11.8. The van der Waals surface area contributed by atoms with E-state index in [-0.39, 0.29) is 31.0 Å².